The lowest BCUT2D eigenvalue weighted by Gasteiger charge is -2.27. The highest BCUT2D eigenvalue weighted by Gasteiger charge is 2.27. The molecule has 45 heavy (non-hydrogen) atoms. The molecule has 0 atom stereocenters. The second-order valence-corrected chi connectivity index (χ2v) is 11.0. The number of aromatic nitrogens is 2. The molecule has 236 valence electrons. The molecule has 1 aliphatic rings. The zero-order valence-electron chi connectivity index (χ0n) is 26.4. The number of anilines is 4. The molecule has 0 bridgehead atoms. The van der Waals surface area contributed by atoms with Gasteiger partial charge in [-0.15, -0.1) is 0 Å². The van der Waals surface area contributed by atoms with Crippen molar-refractivity contribution in [2.24, 2.45) is 0 Å². The van der Waals surface area contributed by atoms with Gasteiger partial charge < -0.3 is 29.2 Å². The number of hydrogen-bond donors (Lipinski definition) is 1. The number of nitrogens with zero attached hydrogens (tertiary/aromatic N) is 4. The Balaban J connectivity index is 1.30. The minimum Gasteiger partial charge on any atom is -0.497 e. The Kier molecular flexibility index (Phi) is 10.7. The van der Waals surface area contributed by atoms with Crippen LogP contribution >= 0.6 is 0 Å². The van der Waals surface area contributed by atoms with Crippen LogP contribution < -0.4 is 29.2 Å². The number of carbonyl (C=O) groups excluding carboxylic acids is 1. The predicted molar refractivity (Wildman–Crippen MR) is 176 cm³/mol. The van der Waals surface area contributed by atoms with E-state index in [0.717, 1.165) is 35.5 Å². The summed E-state index contributed by atoms with van der Waals surface area (Å²) in [7, 11) is 3.12. The molecule has 1 fully saturated rings. The molecular weight excluding hydrogens is 570 g/mol. The molecular formula is C35H41N5O5. The summed E-state index contributed by atoms with van der Waals surface area (Å²) >= 11 is 0. The molecule has 0 saturated carbocycles. The normalized spacial score (nSPS) is 13.2. The summed E-state index contributed by atoms with van der Waals surface area (Å²) in [6.07, 6.45) is 5.77. The van der Waals surface area contributed by atoms with Gasteiger partial charge in [-0.2, -0.15) is 4.98 Å². The maximum atomic E-state index is 13.9. The van der Waals surface area contributed by atoms with E-state index in [1.54, 1.807) is 32.4 Å². The maximum absolute atomic E-state index is 13.9. The van der Waals surface area contributed by atoms with Crippen LogP contribution in [0.1, 0.15) is 36.8 Å². The second-order valence-electron chi connectivity index (χ2n) is 11.0. The molecule has 10 heteroatoms. The molecule has 2 heterocycles. The minimum absolute atomic E-state index is 0.0840. The predicted octanol–water partition coefficient (Wildman–Crippen LogP) is 7.45. The van der Waals surface area contributed by atoms with Gasteiger partial charge in [-0.25, -0.2) is 14.7 Å². The highest BCUT2D eigenvalue weighted by atomic mass is 16.6. The van der Waals surface area contributed by atoms with Gasteiger partial charge >= 0.3 is 6.09 Å². The number of benzene rings is 3. The Labute approximate surface area is 264 Å². The van der Waals surface area contributed by atoms with Crippen LogP contribution in [0.4, 0.5) is 27.8 Å². The zero-order chi connectivity index (χ0) is 31.6. The number of para-hydroxylation sites is 1. The van der Waals surface area contributed by atoms with Crippen molar-refractivity contribution >= 4 is 29.1 Å². The fraction of sp³-hybridized carbons (Fsp3) is 0.343. The molecule has 1 N–H and O–H groups in total. The number of carbonyl (C=O) groups is 1. The van der Waals surface area contributed by atoms with E-state index in [1.807, 2.05) is 56.3 Å². The van der Waals surface area contributed by atoms with E-state index in [1.165, 1.54) is 49.5 Å². The summed E-state index contributed by atoms with van der Waals surface area (Å²) in [6.45, 7) is 7.96. The van der Waals surface area contributed by atoms with E-state index >= 15 is 0 Å². The summed E-state index contributed by atoms with van der Waals surface area (Å²) in [5.41, 5.74) is 3.67. The van der Waals surface area contributed by atoms with E-state index < -0.39 is 6.09 Å². The Hall–Kier alpha value is -4.83. The van der Waals surface area contributed by atoms with Crippen LogP contribution in [0.15, 0.2) is 72.9 Å². The van der Waals surface area contributed by atoms with E-state index in [0.29, 0.717) is 29.5 Å². The number of amides is 1. The van der Waals surface area contributed by atoms with Crippen LogP contribution in [0.25, 0.3) is 0 Å². The van der Waals surface area contributed by atoms with Crippen molar-refractivity contribution in [2.45, 2.75) is 39.5 Å². The number of rotatable bonds is 12. The van der Waals surface area contributed by atoms with Gasteiger partial charge in [0.1, 0.15) is 17.2 Å². The average Bonchev–Trinajstić information content (AvgIpc) is 3.05. The fourth-order valence-electron chi connectivity index (χ4n) is 5.49. The number of aryl methyl sites for hydroxylation is 2. The van der Waals surface area contributed by atoms with Gasteiger partial charge in [0.2, 0.25) is 11.8 Å². The summed E-state index contributed by atoms with van der Waals surface area (Å²) < 4.78 is 23.0. The van der Waals surface area contributed by atoms with Crippen molar-refractivity contribution < 1.29 is 23.7 Å². The van der Waals surface area contributed by atoms with Gasteiger partial charge in [-0.3, -0.25) is 0 Å². The third-order valence-electron chi connectivity index (χ3n) is 7.72. The van der Waals surface area contributed by atoms with Crippen molar-refractivity contribution in [3.8, 4) is 23.1 Å². The number of hydrogen-bond acceptors (Lipinski definition) is 9. The molecule has 1 aliphatic heterocycles. The largest absolute Gasteiger partial charge is 0.497 e. The lowest BCUT2D eigenvalue weighted by Crippen LogP contribution is -2.31. The van der Waals surface area contributed by atoms with E-state index in [4.69, 9.17) is 18.9 Å². The molecule has 1 amide bonds. The lowest BCUT2D eigenvalue weighted by atomic mass is 10.1. The maximum Gasteiger partial charge on any atom is 0.425 e. The Morgan fingerprint density at radius 2 is 1.69 bits per heavy atom. The van der Waals surface area contributed by atoms with Crippen LogP contribution in [-0.2, 0) is 0 Å². The van der Waals surface area contributed by atoms with Crippen molar-refractivity contribution in [3.05, 3.63) is 84.1 Å². The molecule has 1 aromatic heterocycles. The second kappa shape index (κ2) is 15.3. The molecule has 0 unspecified atom stereocenters. The van der Waals surface area contributed by atoms with Crippen molar-refractivity contribution in [3.63, 3.8) is 0 Å². The Bertz CT molecular complexity index is 1570. The summed E-state index contributed by atoms with van der Waals surface area (Å²) in [5, 5.41) is 3.19. The molecule has 1 saturated heterocycles. The third kappa shape index (κ3) is 8.21. The first-order valence-electron chi connectivity index (χ1n) is 15.3. The van der Waals surface area contributed by atoms with Gasteiger partial charge in [0.25, 0.3) is 0 Å². The fourth-order valence-corrected chi connectivity index (χ4v) is 5.49. The summed E-state index contributed by atoms with van der Waals surface area (Å²) in [4.78, 5) is 26.7. The van der Waals surface area contributed by atoms with Gasteiger partial charge in [-0.1, -0.05) is 30.7 Å². The zero-order valence-corrected chi connectivity index (χ0v) is 26.4. The highest BCUT2D eigenvalue weighted by molar-refractivity contribution is 6.00. The summed E-state index contributed by atoms with van der Waals surface area (Å²) in [5.74, 6) is 2.17. The van der Waals surface area contributed by atoms with Gasteiger partial charge in [0.05, 0.1) is 32.2 Å². The Morgan fingerprint density at radius 1 is 0.911 bits per heavy atom. The summed E-state index contributed by atoms with van der Waals surface area (Å²) in [6, 6.07) is 20.3. The topological polar surface area (TPSA) is 98.3 Å². The number of nitrogens with one attached hydrogen (secondary N) is 1. The molecule has 10 nitrogen and oxygen atoms in total. The number of likely N-dealkylation sites (tertiary alicyclic amines) is 1. The molecule has 0 aliphatic carbocycles. The minimum atomic E-state index is -0.663. The van der Waals surface area contributed by atoms with Crippen LogP contribution in [0.3, 0.4) is 0 Å². The standard InChI is InChI=1S/C35H41N5O5/c1-25-11-8-12-26(2)33(25)40(30-24-28(42-3)15-16-31(30)43-4)35(41)45-32-17-18-36-34(38-32)37-27-13-9-14-29(23-27)44-22-10-21-39-19-6-5-7-20-39/h8-9,11-18,23-24H,5-7,10,19-22H2,1-4H3,(H,36,37,38). The van der Waals surface area contributed by atoms with Gasteiger partial charge in [0, 0.05) is 36.6 Å². The molecule has 0 spiro atoms. The first kappa shape index (κ1) is 31.6. The van der Waals surface area contributed by atoms with Crippen LogP contribution in [-0.4, -0.2) is 61.4 Å². The number of ether oxygens (including phenoxy) is 4. The molecule has 3 aromatic carbocycles. The van der Waals surface area contributed by atoms with E-state index in [9.17, 15) is 4.79 Å². The Morgan fingerprint density at radius 3 is 2.44 bits per heavy atom. The molecule has 4 aromatic rings. The van der Waals surface area contributed by atoms with Crippen LogP contribution in [0.2, 0.25) is 0 Å². The van der Waals surface area contributed by atoms with E-state index in [2.05, 4.69) is 20.2 Å². The van der Waals surface area contributed by atoms with Crippen LogP contribution in [0, 0.1) is 13.8 Å². The van der Waals surface area contributed by atoms with Crippen molar-refractivity contribution in [2.75, 3.05) is 50.7 Å². The average molecular weight is 612 g/mol. The molecule has 0 radical (unpaired) electrons. The number of piperidine rings is 1. The molecule has 5 rings (SSSR count). The monoisotopic (exact) mass is 611 g/mol. The first-order valence-corrected chi connectivity index (χ1v) is 15.3. The third-order valence-corrected chi connectivity index (χ3v) is 7.72. The van der Waals surface area contributed by atoms with Gasteiger partial charge in [0.15, 0.2) is 0 Å². The smallest absolute Gasteiger partial charge is 0.425 e. The highest BCUT2D eigenvalue weighted by Crippen LogP contribution is 2.40. The SMILES string of the molecule is COc1ccc(OC)c(N(C(=O)Oc2ccnc(Nc3cccc(OCCCN4CCCCC4)c3)n2)c2c(C)cccc2C)c1. The first-order chi connectivity index (χ1) is 21.9. The van der Waals surface area contributed by atoms with E-state index in [-0.39, 0.29) is 11.8 Å². The quantitative estimate of drug-likeness (QED) is 0.164. The van der Waals surface area contributed by atoms with Crippen molar-refractivity contribution in [1.82, 2.24) is 14.9 Å². The van der Waals surface area contributed by atoms with Crippen molar-refractivity contribution in [1.29, 1.82) is 0 Å². The van der Waals surface area contributed by atoms with Crippen LogP contribution in [0.5, 0.6) is 23.1 Å². The van der Waals surface area contributed by atoms with Gasteiger partial charge in [-0.05, 0) is 81.6 Å². The number of methoxy groups -OCH3 is 2. The lowest BCUT2D eigenvalue weighted by molar-refractivity contribution is 0.205.